The maximum Gasteiger partial charge on any atom is 0.122 e. The molecule has 16 heavy (non-hydrogen) atoms. The maximum atomic E-state index is 5.45. The molecule has 0 spiro atoms. The number of benzene rings is 1. The molecule has 1 aromatic carbocycles. The Kier molecular flexibility index (Phi) is 3.66. The van der Waals surface area contributed by atoms with Crippen LogP contribution >= 0.6 is 0 Å². The van der Waals surface area contributed by atoms with Crippen LogP contribution in [0.1, 0.15) is 44.1 Å². The Hall–Kier alpha value is -1.24. The molecule has 1 saturated carbocycles. The van der Waals surface area contributed by atoms with Crippen molar-refractivity contribution >= 4 is 0 Å². The van der Waals surface area contributed by atoms with E-state index in [0.29, 0.717) is 5.92 Å². The molecule has 1 aliphatic carbocycles. The molecule has 1 fully saturated rings. The summed E-state index contributed by atoms with van der Waals surface area (Å²) in [5, 5.41) is 0. The molecular formula is C15H20O. The summed E-state index contributed by atoms with van der Waals surface area (Å²) >= 11 is 0. The SMILES string of the molecule is CC=C1CCCC(c2ccccc2OC)C1. The number of hydrogen-bond donors (Lipinski definition) is 0. The van der Waals surface area contributed by atoms with Crippen molar-refractivity contribution in [2.24, 2.45) is 0 Å². The van der Waals surface area contributed by atoms with Crippen LogP contribution in [0.25, 0.3) is 0 Å². The molecule has 0 bridgehead atoms. The van der Waals surface area contributed by atoms with E-state index in [1.54, 1.807) is 12.7 Å². The van der Waals surface area contributed by atoms with Crippen molar-refractivity contribution in [3.05, 3.63) is 41.5 Å². The Bertz CT molecular complexity index is 379. The molecule has 1 nitrogen and oxygen atoms in total. The van der Waals surface area contributed by atoms with E-state index in [4.69, 9.17) is 4.74 Å². The Balaban J connectivity index is 2.23. The van der Waals surface area contributed by atoms with Gasteiger partial charge in [0.25, 0.3) is 0 Å². The molecule has 1 heteroatoms. The molecule has 1 aliphatic rings. The normalized spacial score (nSPS) is 23.4. The molecule has 1 atom stereocenters. The zero-order valence-electron chi connectivity index (χ0n) is 10.2. The smallest absolute Gasteiger partial charge is 0.122 e. The van der Waals surface area contributed by atoms with Crippen LogP contribution in [0, 0.1) is 0 Å². The van der Waals surface area contributed by atoms with Gasteiger partial charge in [0.15, 0.2) is 0 Å². The van der Waals surface area contributed by atoms with Gasteiger partial charge in [0.05, 0.1) is 7.11 Å². The van der Waals surface area contributed by atoms with Crippen LogP contribution < -0.4 is 4.74 Å². The van der Waals surface area contributed by atoms with E-state index in [2.05, 4.69) is 31.2 Å². The summed E-state index contributed by atoms with van der Waals surface area (Å²) in [4.78, 5) is 0. The second-order valence-corrected chi connectivity index (χ2v) is 4.48. The van der Waals surface area contributed by atoms with Gasteiger partial charge in [0.2, 0.25) is 0 Å². The quantitative estimate of drug-likeness (QED) is 0.670. The fraction of sp³-hybridized carbons (Fsp3) is 0.467. The lowest BCUT2D eigenvalue weighted by Gasteiger charge is -2.25. The topological polar surface area (TPSA) is 9.23 Å². The summed E-state index contributed by atoms with van der Waals surface area (Å²) in [5.74, 6) is 1.70. The Morgan fingerprint density at radius 3 is 2.88 bits per heavy atom. The number of allylic oxidation sites excluding steroid dienone is 2. The minimum atomic E-state index is 0.649. The number of hydrogen-bond acceptors (Lipinski definition) is 1. The molecule has 1 aromatic rings. The van der Waals surface area contributed by atoms with Crippen molar-refractivity contribution in [3.63, 3.8) is 0 Å². The molecule has 0 N–H and O–H groups in total. The fourth-order valence-corrected chi connectivity index (χ4v) is 2.63. The minimum Gasteiger partial charge on any atom is -0.496 e. The van der Waals surface area contributed by atoms with Gasteiger partial charge in [-0.3, -0.25) is 0 Å². The molecular weight excluding hydrogens is 196 g/mol. The maximum absolute atomic E-state index is 5.45. The average molecular weight is 216 g/mol. The van der Waals surface area contributed by atoms with E-state index in [-0.39, 0.29) is 0 Å². The minimum absolute atomic E-state index is 0.649. The molecule has 0 aliphatic heterocycles. The summed E-state index contributed by atoms with van der Waals surface area (Å²) in [6, 6.07) is 8.44. The second kappa shape index (κ2) is 5.20. The summed E-state index contributed by atoms with van der Waals surface area (Å²) < 4.78 is 5.45. The Morgan fingerprint density at radius 1 is 1.31 bits per heavy atom. The Labute approximate surface area is 98.1 Å². The van der Waals surface area contributed by atoms with Crippen LogP contribution in [0.4, 0.5) is 0 Å². The van der Waals surface area contributed by atoms with E-state index in [1.165, 1.54) is 31.2 Å². The third-order valence-electron chi connectivity index (χ3n) is 3.55. The van der Waals surface area contributed by atoms with Crippen molar-refractivity contribution < 1.29 is 4.74 Å². The lowest BCUT2D eigenvalue weighted by atomic mass is 9.81. The molecule has 0 heterocycles. The van der Waals surface area contributed by atoms with Crippen molar-refractivity contribution in [1.82, 2.24) is 0 Å². The highest BCUT2D eigenvalue weighted by molar-refractivity contribution is 5.37. The first-order valence-corrected chi connectivity index (χ1v) is 6.12. The first kappa shape index (κ1) is 11.3. The fourth-order valence-electron chi connectivity index (χ4n) is 2.63. The van der Waals surface area contributed by atoms with E-state index in [1.807, 2.05) is 6.07 Å². The number of para-hydroxylation sites is 1. The number of ether oxygens (including phenoxy) is 1. The van der Waals surface area contributed by atoms with E-state index < -0.39 is 0 Å². The summed E-state index contributed by atoms with van der Waals surface area (Å²) in [5.41, 5.74) is 2.98. The number of rotatable bonds is 2. The van der Waals surface area contributed by atoms with E-state index in [9.17, 15) is 0 Å². The Morgan fingerprint density at radius 2 is 2.12 bits per heavy atom. The largest absolute Gasteiger partial charge is 0.496 e. The molecule has 0 saturated heterocycles. The lowest BCUT2D eigenvalue weighted by Crippen LogP contribution is -2.08. The van der Waals surface area contributed by atoms with Crippen LogP contribution in [0.3, 0.4) is 0 Å². The van der Waals surface area contributed by atoms with Crippen LogP contribution in [0.2, 0.25) is 0 Å². The van der Waals surface area contributed by atoms with Crippen molar-refractivity contribution in [1.29, 1.82) is 0 Å². The third-order valence-corrected chi connectivity index (χ3v) is 3.55. The van der Waals surface area contributed by atoms with Gasteiger partial charge in [-0.15, -0.1) is 0 Å². The zero-order chi connectivity index (χ0) is 11.4. The van der Waals surface area contributed by atoms with Gasteiger partial charge in [-0.25, -0.2) is 0 Å². The van der Waals surface area contributed by atoms with Crippen molar-refractivity contribution in [2.45, 2.75) is 38.5 Å². The molecule has 2 rings (SSSR count). The van der Waals surface area contributed by atoms with Crippen LogP contribution in [-0.2, 0) is 0 Å². The standard InChI is InChI=1S/C15H20O/c1-3-12-7-6-8-13(11-12)14-9-4-5-10-15(14)16-2/h3-5,9-10,13H,6-8,11H2,1-2H3. The van der Waals surface area contributed by atoms with Crippen LogP contribution in [0.15, 0.2) is 35.9 Å². The van der Waals surface area contributed by atoms with E-state index >= 15 is 0 Å². The van der Waals surface area contributed by atoms with Gasteiger partial charge in [0.1, 0.15) is 5.75 Å². The molecule has 0 radical (unpaired) electrons. The second-order valence-electron chi connectivity index (χ2n) is 4.48. The predicted octanol–water partition coefficient (Wildman–Crippen LogP) is 4.30. The van der Waals surface area contributed by atoms with Gasteiger partial charge < -0.3 is 4.74 Å². The predicted molar refractivity (Wildman–Crippen MR) is 68.0 cm³/mol. The highest BCUT2D eigenvalue weighted by Crippen LogP contribution is 2.39. The highest BCUT2D eigenvalue weighted by Gasteiger charge is 2.20. The highest BCUT2D eigenvalue weighted by atomic mass is 16.5. The number of methoxy groups -OCH3 is 1. The van der Waals surface area contributed by atoms with Gasteiger partial charge in [0, 0.05) is 0 Å². The van der Waals surface area contributed by atoms with Crippen LogP contribution in [-0.4, -0.2) is 7.11 Å². The molecule has 86 valence electrons. The molecule has 0 aromatic heterocycles. The van der Waals surface area contributed by atoms with Crippen molar-refractivity contribution in [2.75, 3.05) is 7.11 Å². The van der Waals surface area contributed by atoms with E-state index in [0.717, 1.165) is 5.75 Å². The van der Waals surface area contributed by atoms with Crippen LogP contribution in [0.5, 0.6) is 5.75 Å². The first-order valence-electron chi connectivity index (χ1n) is 6.12. The summed E-state index contributed by atoms with van der Waals surface area (Å²) in [6.07, 6.45) is 7.36. The summed E-state index contributed by atoms with van der Waals surface area (Å²) in [7, 11) is 1.76. The van der Waals surface area contributed by atoms with Gasteiger partial charge in [-0.1, -0.05) is 29.8 Å². The van der Waals surface area contributed by atoms with Crippen molar-refractivity contribution in [3.8, 4) is 5.75 Å². The first-order chi connectivity index (χ1) is 7.85. The summed E-state index contributed by atoms with van der Waals surface area (Å²) in [6.45, 7) is 2.15. The monoisotopic (exact) mass is 216 g/mol. The third kappa shape index (κ3) is 2.29. The zero-order valence-corrected chi connectivity index (χ0v) is 10.2. The van der Waals surface area contributed by atoms with Gasteiger partial charge in [-0.05, 0) is 50.2 Å². The van der Waals surface area contributed by atoms with Gasteiger partial charge >= 0.3 is 0 Å². The molecule has 1 unspecified atom stereocenters. The lowest BCUT2D eigenvalue weighted by molar-refractivity contribution is 0.399. The average Bonchev–Trinajstić information content (AvgIpc) is 2.38. The molecule has 0 amide bonds. The van der Waals surface area contributed by atoms with Gasteiger partial charge in [-0.2, -0.15) is 0 Å².